The number of alkyl halides is 3. The third-order valence-corrected chi connectivity index (χ3v) is 4.35. The van der Waals surface area contributed by atoms with Gasteiger partial charge >= 0.3 is 6.18 Å². The molecular formula is C17H19F3N2O2. The van der Waals surface area contributed by atoms with Crippen LogP contribution < -0.4 is 0 Å². The van der Waals surface area contributed by atoms with Gasteiger partial charge in [0.05, 0.1) is 12.2 Å². The first kappa shape index (κ1) is 18.4. The zero-order chi connectivity index (χ0) is 17.7. The highest BCUT2D eigenvalue weighted by Crippen LogP contribution is 2.33. The first-order valence-electron chi connectivity index (χ1n) is 7.74. The van der Waals surface area contributed by atoms with Gasteiger partial charge in [0.1, 0.15) is 6.07 Å². The number of Topliss-reactive ketones (excluding diaryl/α,β-unsaturated/α-hetero) is 1. The van der Waals surface area contributed by atoms with E-state index in [9.17, 15) is 23.2 Å². The van der Waals surface area contributed by atoms with Crippen LogP contribution in [-0.2, 0) is 4.74 Å². The second kappa shape index (κ2) is 7.77. The summed E-state index contributed by atoms with van der Waals surface area (Å²) in [6.45, 7) is 3.01. The fraction of sp³-hybridized carbons (Fsp3) is 0.529. The summed E-state index contributed by atoms with van der Waals surface area (Å²) in [4.78, 5) is 13.8. The molecule has 0 saturated carbocycles. The van der Waals surface area contributed by atoms with Crippen molar-refractivity contribution in [3.05, 3.63) is 34.9 Å². The summed E-state index contributed by atoms with van der Waals surface area (Å²) in [5.41, 5.74) is -0.154. The van der Waals surface area contributed by atoms with Crippen molar-refractivity contribution in [2.45, 2.75) is 24.9 Å². The Hall–Kier alpha value is -1.91. The summed E-state index contributed by atoms with van der Waals surface area (Å²) in [6, 6.07) is 5.96. The highest BCUT2D eigenvalue weighted by molar-refractivity contribution is 6.02. The highest BCUT2D eigenvalue weighted by Gasteiger charge is 2.41. The lowest BCUT2D eigenvalue weighted by atomic mass is 9.84. The number of halogens is 3. The second-order valence-corrected chi connectivity index (χ2v) is 5.82. The number of benzene rings is 1. The highest BCUT2D eigenvalue weighted by atomic mass is 19.4. The smallest absolute Gasteiger partial charge is 0.383 e. The molecule has 1 aromatic carbocycles. The summed E-state index contributed by atoms with van der Waals surface area (Å²) in [5.74, 6) is -1.97. The van der Waals surface area contributed by atoms with Crippen molar-refractivity contribution in [3.63, 3.8) is 0 Å². The van der Waals surface area contributed by atoms with Crippen LogP contribution in [0.4, 0.5) is 13.2 Å². The molecule has 1 heterocycles. The van der Waals surface area contributed by atoms with Crippen LogP contribution in [0.25, 0.3) is 0 Å². The largest absolute Gasteiger partial charge is 0.454 e. The maximum Gasteiger partial charge on any atom is 0.454 e. The number of carbonyl (C=O) groups is 1. The number of hydrogen-bond acceptors (Lipinski definition) is 4. The molecule has 7 heteroatoms. The summed E-state index contributed by atoms with van der Waals surface area (Å²) in [7, 11) is 1.63. The number of rotatable bonds is 5. The SMILES string of the molecule is COCCN1CCC(c2cccc(C(=O)C(F)(F)F)c2C#N)CC1. The first-order valence-corrected chi connectivity index (χ1v) is 7.74. The Morgan fingerprint density at radius 3 is 2.58 bits per heavy atom. The Kier molecular flexibility index (Phi) is 5.97. The van der Waals surface area contributed by atoms with Gasteiger partial charge in [-0.3, -0.25) is 4.79 Å². The number of nitriles is 1. The molecule has 0 amide bonds. The number of likely N-dealkylation sites (tertiary alicyclic amines) is 1. The third-order valence-electron chi connectivity index (χ3n) is 4.35. The average Bonchev–Trinajstić information content (AvgIpc) is 2.58. The number of ether oxygens (including phenoxy) is 1. The molecule has 0 aromatic heterocycles. The molecule has 0 spiro atoms. The fourth-order valence-electron chi connectivity index (χ4n) is 3.07. The van der Waals surface area contributed by atoms with Crippen molar-refractivity contribution in [3.8, 4) is 6.07 Å². The molecule has 0 bridgehead atoms. The van der Waals surface area contributed by atoms with Gasteiger partial charge in [-0.25, -0.2) is 0 Å². The second-order valence-electron chi connectivity index (χ2n) is 5.82. The number of hydrogen-bond donors (Lipinski definition) is 0. The number of piperidine rings is 1. The lowest BCUT2D eigenvalue weighted by Gasteiger charge is -2.32. The van der Waals surface area contributed by atoms with Crippen LogP contribution in [0.5, 0.6) is 0 Å². The lowest BCUT2D eigenvalue weighted by Crippen LogP contribution is -2.35. The van der Waals surface area contributed by atoms with E-state index in [-0.39, 0.29) is 11.5 Å². The molecular weight excluding hydrogens is 321 g/mol. The van der Waals surface area contributed by atoms with Crippen LogP contribution in [0, 0.1) is 11.3 Å². The zero-order valence-electron chi connectivity index (χ0n) is 13.4. The third kappa shape index (κ3) is 4.13. The van der Waals surface area contributed by atoms with Crippen molar-refractivity contribution >= 4 is 5.78 Å². The summed E-state index contributed by atoms with van der Waals surface area (Å²) in [6.07, 6.45) is -3.50. The van der Waals surface area contributed by atoms with E-state index in [0.717, 1.165) is 38.5 Å². The Bertz CT molecular complexity index is 630. The number of carbonyl (C=O) groups excluding carboxylic acids is 1. The topological polar surface area (TPSA) is 53.3 Å². The van der Waals surface area contributed by atoms with E-state index < -0.39 is 17.5 Å². The Labute approximate surface area is 138 Å². The average molecular weight is 340 g/mol. The Morgan fingerprint density at radius 1 is 1.38 bits per heavy atom. The van der Waals surface area contributed by atoms with Crippen LogP contribution in [0.3, 0.4) is 0 Å². The quantitative estimate of drug-likeness (QED) is 0.773. The van der Waals surface area contributed by atoms with Gasteiger partial charge < -0.3 is 9.64 Å². The molecule has 0 aliphatic carbocycles. The van der Waals surface area contributed by atoms with Crippen LogP contribution in [0.2, 0.25) is 0 Å². The molecule has 2 rings (SSSR count). The normalized spacial score (nSPS) is 16.8. The van der Waals surface area contributed by atoms with Crippen molar-refractivity contribution < 1.29 is 22.7 Å². The lowest BCUT2D eigenvalue weighted by molar-refractivity contribution is -0.0885. The van der Waals surface area contributed by atoms with Crippen molar-refractivity contribution in [1.82, 2.24) is 4.90 Å². The maximum absolute atomic E-state index is 12.7. The molecule has 0 N–H and O–H groups in total. The minimum absolute atomic E-state index is 0.0144. The number of ketones is 1. The van der Waals surface area contributed by atoms with E-state index in [1.807, 2.05) is 0 Å². The van der Waals surface area contributed by atoms with Gasteiger partial charge in [0, 0.05) is 19.2 Å². The van der Waals surface area contributed by atoms with Gasteiger partial charge in [-0.05, 0) is 43.5 Å². The molecule has 24 heavy (non-hydrogen) atoms. The first-order chi connectivity index (χ1) is 11.4. The molecule has 4 nitrogen and oxygen atoms in total. The fourth-order valence-corrected chi connectivity index (χ4v) is 3.07. The van der Waals surface area contributed by atoms with Crippen molar-refractivity contribution in [2.24, 2.45) is 0 Å². The molecule has 1 fully saturated rings. The van der Waals surface area contributed by atoms with E-state index >= 15 is 0 Å². The van der Waals surface area contributed by atoms with Gasteiger partial charge in [0.2, 0.25) is 0 Å². The molecule has 0 radical (unpaired) electrons. The van der Waals surface area contributed by atoms with E-state index in [1.54, 1.807) is 19.2 Å². The van der Waals surface area contributed by atoms with E-state index in [2.05, 4.69) is 4.90 Å². The molecule has 0 atom stereocenters. The van der Waals surface area contributed by atoms with Crippen LogP contribution in [0.15, 0.2) is 18.2 Å². The van der Waals surface area contributed by atoms with E-state index in [1.165, 1.54) is 6.07 Å². The van der Waals surface area contributed by atoms with Crippen LogP contribution in [-0.4, -0.2) is 50.2 Å². The summed E-state index contributed by atoms with van der Waals surface area (Å²) in [5, 5.41) is 9.32. The minimum Gasteiger partial charge on any atom is -0.383 e. The molecule has 0 unspecified atom stereocenters. The maximum atomic E-state index is 12.7. The van der Waals surface area contributed by atoms with Gasteiger partial charge in [-0.15, -0.1) is 0 Å². The summed E-state index contributed by atoms with van der Waals surface area (Å²) >= 11 is 0. The molecule has 1 aliphatic rings. The van der Waals surface area contributed by atoms with Crippen molar-refractivity contribution in [1.29, 1.82) is 5.26 Å². The van der Waals surface area contributed by atoms with Crippen molar-refractivity contribution in [2.75, 3.05) is 33.4 Å². The zero-order valence-corrected chi connectivity index (χ0v) is 13.4. The Balaban J connectivity index is 2.21. The summed E-state index contributed by atoms with van der Waals surface area (Å²) < 4.78 is 43.2. The standard InChI is InChI=1S/C17H19F3N2O2/c1-24-10-9-22-7-5-12(6-8-22)13-3-2-4-14(15(13)11-21)16(23)17(18,19)20/h2-4,12H,5-10H2,1H3. The van der Waals surface area contributed by atoms with Crippen LogP contribution in [0.1, 0.15) is 40.2 Å². The van der Waals surface area contributed by atoms with Gasteiger partial charge in [0.15, 0.2) is 0 Å². The molecule has 1 aromatic rings. The number of nitrogens with zero attached hydrogens (tertiary/aromatic N) is 2. The number of methoxy groups -OCH3 is 1. The van der Waals surface area contributed by atoms with Gasteiger partial charge in [0.25, 0.3) is 5.78 Å². The van der Waals surface area contributed by atoms with Crippen LogP contribution >= 0.6 is 0 Å². The molecule has 130 valence electrons. The van der Waals surface area contributed by atoms with E-state index in [0.29, 0.717) is 12.2 Å². The van der Waals surface area contributed by atoms with E-state index in [4.69, 9.17) is 4.74 Å². The molecule has 1 aliphatic heterocycles. The van der Waals surface area contributed by atoms with Gasteiger partial charge in [-0.2, -0.15) is 18.4 Å². The van der Waals surface area contributed by atoms with Gasteiger partial charge in [-0.1, -0.05) is 12.1 Å². The predicted molar refractivity (Wildman–Crippen MR) is 81.8 cm³/mol. The minimum atomic E-state index is -4.98. The molecule has 1 saturated heterocycles. The Morgan fingerprint density at radius 2 is 2.04 bits per heavy atom. The predicted octanol–water partition coefficient (Wildman–Crippen LogP) is 3.13. The monoisotopic (exact) mass is 340 g/mol.